The smallest absolute Gasteiger partial charge is 0.237 e. The molecule has 110 valence electrons. The number of amides is 1. The second-order valence-corrected chi connectivity index (χ2v) is 4.99. The zero-order chi connectivity index (χ0) is 12.1. The number of piperidine rings is 1. The Balaban J connectivity index is 0. The van der Waals surface area contributed by atoms with Crippen molar-refractivity contribution in [3.05, 3.63) is 0 Å². The third-order valence-electron chi connectivity index (χ3n) is 3.40. The summed E-state index contributed by atoms with van der Waals surface area (Å²) >= 11 is 0. The monoisotopic (exact) mass is 299 g/mol. The van der Waals surface area contributed by atoms with Crippen molar-refractivity contribution in [3.8, 4) is 0 Å². The molecule has 0 saturated carbocycles. The molecule has 1 saturated heterocycles. The van der Waals surface area contributed by atoms with E-state index in [1.54, 1.807) is 0 Å². The quantitative estimate of drug-likeness (QED) is 0.825. The molecule has 1 atom stereocenters. The molecule has 6 heteroatoms. The Morgan fingerprint density at radius 2 is 1.83 bits per heavy atom. The van der Waals surface area contributed by atoms with Crippen molar-refractivity contribution in [2.75, 3.05) is 19.6 Å². The Bertz CT molecular complexity index is 231. The van der Waals surface area contributed by atoms with E-state index in [0.29, 0.717) is 6.04 Å². The van der Waals surface area contributed by atoms with Crippen LogP contribution >= 0.6 is 24.8 Å². The number of hydrogen-bond acceptors (Lipinski definition) is 3. The van der Waals surface area contributed by atoms with E-state index in [1.165, 1.54) is 0 Å². The fourth-order valence-electron chi connectivity index (χ4n) is 1.99. The number of carbonyl (C=O) groups excluding carboxylic acids is 1. The highest BCUT2D eigenvalue weighted by Gasteiger charge is 2.23. The van der Waals surface area contributed by atoms with Crippen LogP contribution in [0.5, 0.6) is 0 Å². The first kappa shape index (κ1) is 20.3. The third-order valence-corrected chi connectivity index (χ3v) is 3.40. The highest BCUT2D eigenvalue weighted by Crippen LogP contribution is 2.10. The van der Waals surface area contributed by atoms with E-state index < -0.39 is 0 Å². The van der Waals surface area contributed by atoms with Gasteiger partial charge in [0.25, 0.3) is 0 Å². The Morgan fingerprint density at radius 1 is 1.33 bits per heavy atom. The molecule has 0 aromatic carbocycles. The minimum atomic E-state index is -0.371. The summed E-state index contributed by atoms with van der Waals surface area (Å²) < 4.78 is 0. The summed E-state index contributed by atoms with van der Waals surface area (Å²) in [6, 6.07) is -0.0516. The topological polar surface area (TPSA) is 58.4 Å². The normalized spacial score (nSPS) is 18.7. The summed E-state index contributed by atoms with van der Waals surface area (Å²) in [4.78, 5) is 14.2. The average Bonchev–Trinajstić information content (AvgIpc) is 2.28. The number of rotatable bonds is 4. The molecule has 18 heavy (non-hydrogen) atoms. The standard InChI is InChI=1S/C12H25N3O.2ClH/c1-4-15-7-5-10(6-8-15)14-12(16)11(13)9(2)3;;/h9-11H,4-8,13H2,1-3H3,(H,14,16);2*1H/t11-;;/m0../s1. The first-order valence-electron chi connectivity index (χ1n) is 6.33. The van der Waals surface area contributed by atoms with Gasteiger partial charge in [-0.3, -0.25) is 4.79 Å². The maximum absolute atomic E-state index is 11.8. The highest BCUT2D eigenvalue weighted by molar-refractivity contribution is 5.85. The van der Waals surface area contributed by atoms with Crippen molar-refractivity contribution < 1.29 is 4.79 Å². The molecule has 1 aliphatic rings. The first-order chi connectivity index (χ1) is 7.54. The van der Waals surface area contributed by atoms with Gasteiger partial charge in [0.05, 0.1) is 6.04 Å². The van der Waals surface area contributed by atoms with Gasteiger partial charge in [-0.2, -0.15) is 0 Å². The van der Waals surface area contributed by atoms with E-state index >= 15 is 0 Å². The van der Waals surface area contributed by atoms with Gasteiger partial charge < -0.3 is 16.0 Å². The molecule has 0 spiro atoms. The van der Waals surface area contributed by atoms with E-state index in [4.69, 9.17) is 5.73 Å². The lowest BCUT2D eigenvalue weighted by atomic mass is 10.0. The Labute approximate surface area is 123 Å². The number of hydrogen-bond donors (Lipinski definition) is 2. The van der Waals surface area contributed by atoms with E-state index in [-0.39, 0.29) is 42.7 Å². The van der Waals surface area contributed by atoms with Gasteiger partial charge in [-0.1, -0.05) is 20.8 Å². The Hall–Kier alpha value is -0.0300. The van der Waals surface area contributed by atoms with E-state index in [0.717, 1.165) is 32.5 Å². The molecule has 1 rings (SSSR count). The van der Waals surface area contributed by atoms with E-state index in [1.807, 2.05) is 13.8 Å². The molecule has 4 nitrogen and oxygen atoms in total. The first-order valence-corrected chi connectivity index (χ1v) is 6.33. The molecule has 0 aromatic rings. The maximum atomic E-state index is 11.8. The number of carbonyl (C=O) groups is 1. The fourth-order valence-corrected chi connectivity index (χ4v) is 1.99. The molecular formula is C12H27Cl2N3O. The van der Waals surface area contributed by atoms with Gasteiger partial charge in [-0.25, -0.2) is 0 Å². The van der Waals surface area contributed by atoms with Crippen LogP contribution in [-0.4, -0.2) is 42.5 Å². The molecular weight excluding hydrogens is 273 g/mol. The molecule has 0 unspecified atom stereocenters. The lowest BCUT2D eigenvalue weighted by Gasteiger charge is -2.32. The van der Waals surface area contributed by atoms with Crippen LogP contribution in [0, 0.1) is 5.92 Å². The molecule has 1 amide bonds. The number of likely N-dealkylation sites (tertiary alicyclic amines) is 1. The van der Waals surface area contributed by atoms with Crippen LogP contribution in [-0.2, 0) is 4.79 Å². The van der Waals surface area contributed by atoms with Crippen LogP contribution in [0.1, 0.15) is 33.6 Å². The van der Waals surface area contributed by atoms with Crippen LogP contribution < -0.4 is 11.1 Å². The van der Waals surface area contributed by atoms with E-state index in [9.17, 15) is 4.79 Å². The van der Waals surface area contributed by atoms with Crippen molar-refractivity contribution in [1.29, 1.82) is 0 Å². The SMILES string of the molecule is CCN1CCC(NC(=O)[C@@H](N)C(C)C)CC1.Cl.Cl. The van der Waals surface area contributed by atoms with Crippen LogP contribution in [0.15, 0.2) is 0 Å². The van der Waals surface area contributed by atoms with Gasteiger partial charge in [0.2, 0.25) is 5.91 Å². The molecule has 0 radical (unpaired) electrons. The number of halogens is 2. The lowest BCUT2D eigenvalue weighted by molar-refractivity contribution is -0.124. The third kappa shape index (κ3) is 6.23. The van der Waals surface area contributed by atoms with Gasteiger partial charge in [0.15, 0.2) is 0 Å². The zero-order valence-electron chi connectivity index (χ0n) is 11.5. The van der Waals surface area contributed by atoms with Crippen molar-refractivity contribution in [2.24, 2.45) is 11.7 Å². The number of nitrogens with one attached hydrogen (secondary N) is 1. The van der Waals surface area contributed by atoms with Crippen LogP contribution in [0.25, 0.3) is 0 Å². The summed E-state index contributed by atoms with van der Waals surface area (Å²) in [5.41, 5.74) is 5.81. The van der Waals surface area contributed by atoms with E-state index in [2.05, 4.69) is 17.1 Å². The molecule has 1 fully saturated rings. The molecule has 0 aliphatic carbocycles. The largest absolute Gasteiger partial charge is 0.352 e. The molecule has 0 aromatic heterocycles. The summed E-state index contributed by atoms with van der Waals surface area (Å²) in [5, 5.41) is 3.05. The van der Waals surface area contributed by atoms with Crippen LogP contribution in [0.4, 0.5) is 0 Å². The van der Waals surface area contributed by atoms with Gasteiger partial charge in [-0.15, -0.1) is 24.8 Å². The number of nitrogens with zero attached hydrogens (tertiary/aromatic N) is 1. The van der Waals surface area contributed by atoms with Crippen molar-refractivity contribution in [1.82, 2.24) is 10.2 Å². The minimum Gasteiger partial charge on any atom is -0.352 e. The molecule has 1 heterocycles. The molecule has 3 N–H and O–H groups in total. The lowest BCUT2D eigenvalue weighted by Crippen LogP contribution is -2.51. The predicted octanol–water partition coefficient (Wildman–Crippen LogP) is 1.41. The summed E-state index contributed by atoms with van der Waals surface area (Å²) in [7, 11) is 0. The second-order valence-electron chi connectivity index (χ2n) is 4.99. The number of nitrogens with two attached hydrogens (primary N) is 1. The maximum Gasteiger partial charge on any atom is 0.237 e. The van der Waals surface area contributed by atoms with Crippen molar-refractivity contribution >= 4 is 30.7 Å². The van der Waals surface area contributed by atoms with Gasteiger partial charge in [-0.05, 0) is 25.3 Å². The van der Waals surface area contributed by atoms with Gasteiger partial charge >= 0.3 is 0 Å². The average molecular weight is 300 g/mol. The summed E-state index contributed by atoms with van der Waals surface area (Å²) in [6.07, 6.45) is 2.09. The van der Waals surface area contributed by atoms with Crippen LogP contribution in [0.2, 0.25) is 0 Å². The summed E-state index contributed by atoms with van der Waals surface area (Å²) in [5.74, 6) is 0.209. The highest BCUT2D eigenvalue weighted by atomic mass is 35.5. The minimum absolute atomic E-state index is 0. The van der Waals surface area contributed by atoms with Crippen molar-refractivity contribution in [2.45, 2.75) is 45.7 Å². The van der Waals surface area contributed by atoms with Gasteiger partial charge in [0, 0.05) is 19.1 Å². The molecule has 1 aliphatic heterocycles. The van der Waals surface area contributed by atoms with Crippen LogP contribution in [0.3, 0.4) is 0 Å². The second kappa shape index (κ2) is 9.84. The molecule has 0 bridgehead atoms. The Kier molecular flexibility index (Phi) is 11.1. The van der Waals surface area contributed by atoms with Crippen molar-refractivity contribution in [3.63, 3.8) is 0 Å². The zero-order valence-corrected chi connectivity index (χ0v) is 13.1. The fraction of sp³-hybridized carbons (Fsp3) is 0.917. The Morgan fingerprint density at radius 3 is 2.22 bits per heavy atom. The van der Waals surface area contributed by atoms with Gasteiger partial charge in [0.1, 0.15) is 0 Å². The predicted molar refractivity (Wildman–Crippen MR) is 80.6 cm³/mol. The summed E-state index contributed by atoms with van der Waals surface area (Å²) in [6.45, 7) is 9.39.